The van der Waals surface area contributed by atoms with E-state index in [1.807, 2.05) is 23.1 Å². The van der Waals surface area contributed by atoms with Gasteiger partial charge in [0.15, 0.2) is 0 Å². The molecule has 0 aliphatic carbocycles. The first kappa shape index (κ1) is 13.4. The lowest BCUT2D eigenvalue weighted by atomic mass is 9.97. The van der Waals surface area contributed by atoms with E-state index in [0.29, 0.717) is 18.8 Å². The first-order chi connectivity index (χ1) is 10.1. The molecular weight excluding hydrogens is 269 g/mol. The van der Waals surface area contributed by atoms with Crippen molar-refractivity contribution in [1.82, 2.24) is 0 Å². The standard InChI is InChI=1S/C16H16FN3O/c17-12-4-2-6-14(15(12)16(19)21)20-8-7-11-10(9-20)3-1-5-13(11)18/h1-6H,7-9,18H2,(H2,19,21). The fraction of sp³-hybridized carbons (Fsp3) is 0.188. The molecule has 1 aliphatic rings. The Morgan fingerprint density at radius 2 is 1.95 bits per heavy atom. The van der Waals surface area contributed by atoms with Crippen LogP contribution in [0.5, 0.6) is 0 Å². The van der Waals surface area contributed by atoms with Gasteiger partial charge in [0.25, 0.3) is 5.91 Å². The third-order valence-corrected chi connectivity index (χ3v) is 3.88. The van der Waals surface area contributed by atoms with Gasteiger partial charge in [-0.25, -0.2) is 4.39 Å². The number of nitrogens with zero attached hydrogens (tertiary/aromatic N) is 1. The SMILES string of the molecule is NC(=O)c1c(F)cccc1N1CCc2c(N)cccc2C1. The van der Waals surface area contributed by atoms with Crippen molar-refractivity contribution in [3.63, 3.8) is 0 Å². The third-order valence-electron chi connectivity index (χ3n) is 3.88. The number of rotatable bonds is 2. The van der Waals surface area contributed by atoms with Gasteiger partial charge in [0.2, 0.25) is 0 Å². The van der Waals surface area contributed by atoms with Crippen LogP contribution in [0.15, 0.2) is 36.4 Å². The maximum absolute atomic E-state index is 13.9. The molecule has 2 aromatic carbocycles. The van der Waals surface area contributed by atoms with E-state index in [9.17, 15) is 9.18 Å². The molecule has 0 saturated heterocycles. The number of primary amides is 1. The van der Waals surface area contributed by atoms with Crippen LogP contribution in [-0.2, 0) is 13.0 Å². The van der Waals surface area contributed by atoms with Gasteiger partial charge in [-0.3, -0.25) is 4.79 Å². The Labute approximate surface area is 122 Å². The minimum Gasteiger partial charge on any atom is -0.398 e. The lowest BCUT2D eigenvalue weighted by Gasteiger charge is -2.32. The van der Waals surface area contributed by atoms with Crippen LogP contribution in [0.2, 0.25) is 0 Å². The number of amides is 1. The van der Waals surface area contributed by atoms with Crippen molar-refractivity contribution in [2.45, 2.75) is 13.0 Å². The molecule has 0 bridgehead atoms. The maximum atomic E-state index is 13.9. The number of fused-ring (bicyclic) bond motifs is 1. The van der Waals surface area contributed by atoms with Gasteiger partial charge in [-0.2, -0.15) is 0 Å². The highest BCUT2D eigenvalue weighted by Gasteiger charge is 2.23. The molecule has 1 heterocycles. The van der Waals surface area contributed by atoms with Crippen LogP contribution >= 0.6 is 0 Å². The molecule has 108 valence electrons. The number of benzene rings is 2. The Balaban J connectivity index is 2.01. The molecule has 4 N–H and O–H groups in total. The van der Waals surface area contributed by atoms with Crippen molar-refractivity contribution in [2.75, 3.05) is 17.2 Å². The molecule has 5 heteroatoms. The number of hydrogen-bond donors (Lipinski definition) is 2. The Morgan fingerprint density at radius 3 is 2.71 bits per heavy atom. The second kappa shape index (κ2) is 5.09. The zero-order chi connectivity index (χ0) is 15.0. The highest BCUT2D eigenvalue weighted by Crippen LogP contribution is 2.30. The van der Waals surface area contributed by atoms with Crippen molar-refractivity contribution in [3.05, 3.63) is 58.9 Å². The van der Waals surface area contributed by atoms with Crippen molar-refractivity contribution in [1.29, 1.82) is 0 Å². The van der Waals surface area contributed by atoms with Crippen LogP contribution in [0, 0.1) is 5.82 Å². The fourth-order valence-corrected chi connectivity index (χ4v) is 2.86. The molecule has 0 saturated carbocycles. The molecule has 0 fully saturated rings. The normalized spacial score (nSPS) is 13.9. The van der Waals surface area contributed by atoms with Gasteiger partial charge in [-0.1, -0.05) is 18.2 Å². The van der Waals surface area contributed by atoms with Gasteiger partial charge in [0.05, 0.1) is 11.3 Å². The molecule has 0 unspecified atom stereocenters. The summed E-state index contributed by atoms with van der Waals surface area (Å²) in [5, 5.41) is 0. The first-order valence-corrected chi connectivity index (χ1v) is 6.77. The lowest BCUT2D eigenvalue weighted by Crippen LogP contribution is -2.33. The summed E-state index contributed by atoms with van der Waals surface area (Å²) in [6.45, 7) is 1.26. The topological polar surface area (TPSA) is 72.4 Å². The summed E-state index contributed by atoms with van der Waals surface area (Å²) in [7, 11) is 0. The zero-order valence-electron chi connectivity index (χ0n) is 11.5. The van der Waals surface area contributed by atoms with Gasteiger partial charge < -0.3 is 16.4 Å². The third kappa shape index (κ3) is 2.31. The highest BCUT2D eigenvalue weighted by molar-refractivity contribution is 5.99. The Kier molecular flexibility index (Phi) is 3.25. The van der Waals surface area contributed by atoms with E-state index < -0.39 is 11.7 Å². The number of hydrogen-bond acceptors (Lipinski definition) is 3. The van der Waals surface area contributed by atoms with E-state index in [1.54, 1.807) is 12.1 Å². The average molecular weight is 285 g/mol. The molecule has 0 aromatic heterocycles. The summed E-state index contributed by atoms with van der Waals surface area (Å²) in [4.78, 5) is 13.5. The van der Waals surface area contributed by atoms with Gasteiger partial charge in [0, 0.05) is 18.8 Å². The molecule has 1 aliphatic heterocycles. The number of carbonyl (C=O) groups excluding carboxylic acids is 1. The molecule has 4 nitrogen and oxygen atoms in total. The number of nitrogens with two attached hydrogens (primary N) is 2. The number of halogens is 1. The molecule has 2 aromatic rings. The predicted octanol–water partition coefficient (Wildman–Crippen LogP) is 2.07. The molecule has 3 rings (SSSR count). The van der Waals surface area contributed by atoms with Crippen molar-refractivity contribution in [3.8, 4) is 0 Å². The molecule has 0 radical (unpaired) electrons. The summed E-state index contributed by atoms with van der Waals surface area (Å²) in [6.07, 6.45) is 0.761. The van der Waals surface area contributed by atoms with Gasteiger partial charge in [-0.05, 0) is 35.7 Å². The van der Waals surface area contributed by atoms with Gasteiger partial charge in [0.1, 0.15) is 5.82 Å². The van der Waals surface area contributed by atoms with E-state index in [2.05, 4.69) is 0 Å². The summed E-state index contributed by atoms with van der Waals surface area (Å²) in [5.41, 5.74) is 14.8. The number of nitrogen functional groups attached to an aromatic ring is 1. The second-order valence-electron chi connectivity index (χ2n) is 5.15. The lowest BCUT2D eigenvalue weighted by molar-refractivity contribution is 0.0997. The number of anilines is 2. The zero-order valence-corrected chi connectivity index (χ0v) is 11.5. The van der Waals surface area contributed by atoms with Crippen molar-refractivity contribution < 1.29 is 9.18 Å². The van der Waals surface area contributed by atoms with Crippen LogP contribution in [0.1, 0.15) is 21.5 Å². The highest BCUT2D eigenvalue weighted by atomic mass is 19.1. The maximum Gasteiger partial charge on any atom is 0.253 e. The summed E-state index contributed by atoms with van der Waals surface area (Å²) < 4.78 is 13.9. The average Bonchev–Trinajstić information content (AvgIpc) is 2.46. The Morgan fingerprint density at radius 1 is 1.19 bits per heavy atom. The van der Waals surface area contributed by atoms with Crippen LogP contribution in [0.3, 0.4) is 0 Å². The first-order valence-electron chi connectivity index (χ1n) is 6.77. The van der Waals surface area contributed by atoms with Crippen LogP contribution < -0.4 is 16.4 Å². The molecule has 0 spiro atoms. The van der Waals surface area contributed by atoms with Crippen LogP contribution in [-0.4, -0.2) is 12.5 Å². The van der Waals surface area contributed by atoms with Gasteiger partial charge in [-0.15, -0.1) is 0 Å². The van der Waals surface area contributed by atoms with E-state index in [1.165, 1.54) is 6.07 Å². The van der Waals surface area contributed by atoms with E-state index in [0.717, 1.165) is 23.2 Å². The Hall–Kier alpha value is -2.56. The molecule has 21 heavy (non-hydrogen) atoms. The van der Waals surface area contributed by atoms with E-state index in [-0.39, 0.29) is 5.56 Å². The monoisotopic (exact) mass is 285 g/mol. The van der Waals surface area contributed by atoms with Crippen molar-refractivity contribution in [2.24, 2.45) is 5.73 Å². The second-order valence-corrected chi connectivity index (χ2v) is 5.15. The van der Waals surface area contributed by atoms with E-state index in [4.69, 9.17) is 11.5 Å². The van der Waals surface area contributed by atoms with Crippen LogP contribution in [0.4, 0.5) is 15.8 Å². The largest absolute Gasteiger partial charge is 0.398 e. The summed E-state index contributed by atoms with van der Waals surface area (Å²) >= 11 is 0. The van der Waals surface area contributed by atoms with Gasteiger partial charge >= 0.3 is 0 Å². The predicted molar refractivity (Wildman–Crippen MR) is 80.5 cm³/mol. The quantitative estimate of drug-likeness (QED) is 0.830. The van der Waals surface area contributed by atoms with E-state index >= 15 is 0 Å². The Bertz CT molecular complexity index is 715. The molecule has 0 atom stereocenters. The number of carbonyl (C=O) groups is 1. The summed E-state index contributed by atoms with van der Waals surface area (Å²) in [5.74, 6) is -1.33. The minimum absolute atomic E-state index is 0.0511. The smallest absolute Gasteiger partial charge is 0.253 e. The molecule has 1 amide bonds. The molecular formula is C16H16FN3O. The summed E-state index contributed by atoms with van der Waals surface area (Å²) in [6, 6.07) is 10.3. The fourth-order valence-electron chi connectivity index (χ4n) is 2.86. The van der Waals surface area contributed by atoms with Crippen molar-refractivity contribution >= 4 is 17.3 Å². The minimum atomic E-state index is -0.749. The van der Waals surface area contributed by atoms with Crippen LogP contribution in [0.25, 0.3) is 0 Å².